The zero-order valence-electron chi connectivity index (χ0n) is 12.5. The van der Waals surface area contributed by atoms with Gasteiger partial charge in [0, 0.05) is 38.4 Å². The van der Waals surface area contributed by atoms with Crippen LogP contribution >= 0.6 is 0 Å². The highest BCUT2D eigenvalue weighted by molar-refractivity contribution is 7.89. The van der Waals surface area contributed by atoms with Crippen LogP contribution in [0.2, 0.25) is 0 Å². The number of benzene rings is 1. The van der Waals surface area contributed by atoms with E-state index in [1.54, 1.807) is 16.4 Å². The van der Waals surface area contributed by atoms with E-state index in [0.29, 0.717) is 24.0 Å². The fourth-order valence-electron chi connectivity index (χ4n) is 3.29. The molecule has 3 rings (SSSR count). The Labute approximate surface area is 127 Å². The van der Waals surface area contributed by atoms with Gasteiger partial charge in [-0.1, -0.05) is 6.42 Å². The maximum atomic E-state index is 12.7. The molecule has 1 unspecified atom stereocenters. The van der Waals surface area contributed by atoms with Gasteiger partial charge < -0.3 is 5.32 Å². The molecule has 21 heavy (non-hydrogen) atoms. The number of anilines is 1. The van der Waals surface area contributed by atoms with Crippen LogP contribution in [-0.2, 0) is 10.0 Å². The second-order valence-corrected chi connectivity index (χ2v) is 7.76. The summed E-state index contributed by atoms with van der Waals surface area (Å²) >= 11 is 0. The summed E-state index contributed by atoms with van der Waals surface area (Å²) in [5.41, 5.74) is 0.922. The van der Waals surface area contributed by atoms with Crippen molar-refractivity contribution in [1.82, 2.24) is 9.21 Å². The molecule has 0 radical (unpaired) electrons. The summed E-state index contributed by atoms with van der Waals surface area (Å²) in [5.74, 6) is 0. The minimum Gasteiger partial charge on any atom is -0.388 e. The number of hydrogen-bond acceptors (Lipinski definition) is 4. The zero-order valence-corrected chi connectivity index (χ0v) is 13.3. The number of nitrogens with one attached hydrogen (secondary N) is 1. The summed E-state index contributed by atoms with van der Waals surface area (Å²) in [7, 11) is -1.53. The van der Waals surface area contributed by atoms with Crippen LogP contribution in [-0.4, -0.2) is 56.9 Å². The second kappa shape index (κ2) is 5.94. The van der Waals surface area contributed by atoms with Crippen molar-refractivity contribution < 1.29 is 8.42 Å². The first-order chi connectivity index (χ1) is 10.1. The Kier molecular flexibility index (Phi) is 4.19. The van der Waals surface area contributed by atoms with Crippen LogP contribution in [0.5, 0.6) is 0 Å². The second-order valence-electron chi connectivity index (χ2n) is 5.82. The van der Waals surface area contributed by atoms with Gasteiger partial charge in [0.05, 0.1) is 4.90 Å². The Hall–Kier alpha value is -1.11. The molecule has 0 aromatic heterocycles. The van der Waals surface area contributed by atoms with E-state index < -0.39 is 10.0 Å². The van der Waals surface area contributed by atoms with Gasteiger partial charge >= 0.3 is 0 Å². The Morgan fingerprint density at radius 1 is 1.10 bits per heavy atom. The third-order valence-electron chi connectivity index (χ3n) is 4.58. The van der Waals surface area contributed by atoms with Crippen molar-refractivity contribution in [3.05, 3.63) is 24.3 Å². The molecule has 5 nitrogen and oxygen atoms in total. The standard InChI is InChI=1S/C15H23N3O2S/c1-16-13-5-7-15(8-6-13)21(19,20)18-11-10-17-9-3-2-4-14(17)12-18/h5-8,14,16H,2-4,9-12H2,1H3. The molecule has 1 N–H and O–H groups in total. The fourth-order valence-corrected chi connectivity index (χ4v) is 4.76. The first kappa shape index (κ1) is 14.8. The van der Waals surface area contributed by atoms with Crippen LogP contribution in [0.25, 0.3) is 0 Å². The van der Waals surface area contributed by atoms with Crippen LogP contribution in [0.1, 0.15) is 19.3 Å². The minimum atomic E-state index is -3.36. The van der Waals surface area contributed by atoms with Gasteiger partial charge in [-0.05, 0) is 43.7 Å². The number of piperazine rings is 1. The van der Waals surface area contributed by atoms with Gasteiger partial charge in [-0.2, -0.15) is 4.31 Å². The predicted octanol–water partition coefficient (Wildman–Crippen LogP) is 1.59. The Balaban J connectivity index is 1.78. The third-order valence-corrected chi connectivity index (χ3v) is 6.46. The molecule has 1 aromatic rings. The molecule has 2 fully saturated rings. The van der Waals surface area contributed by atoms with Crippen molar-refractivity contribution in [2.24, 2.45) is 0 Å². The minimum absolute atomic E-state index is 0.394. The Morgan fingerprint density at radius 3 is 2.57 bits per heavy atom. The van der Waals surface area contributed by atoms with Crippen LogP contribution in [0.4, 0.5) is 5.69 Å². The van der Waals surface area contributed by atoms with Gasteiger partial charge in [0.2, 0.25) is 10.0 Å². The van der Waals surface area contributed by atoms with Crippen LogP contribution in [0, 0.1) is 0 Å². The molecule has 0 bridgehead atoms. The molecule has 1 atom stereocenters. The molecule has 6 heteroatoms. The average molecular weight is 309 g/mol. The monoisotopic (exact) mass is 309 g/mol. The third kappa shape index (κ3) is 2.93. The Bertz CT molecular complexity index is 585. The van der Waals surface area contributed by atoms with Crippen LogP contribution in [0.15, 0.2) is 29.2 Å². The number of hydrogen-bond donors (Lipinski definition) is 1. The fraction of sp³-hybridized carbons (Fsp3) is 0.600. The van der Waals surface area contributed by atoms with Crippen molar-refractivity contribution in [1.29, 1.82) is 0 Å². The largest absolute Gasteiger partial charge is 0.388 e. The van der Waals surface area contributed by atoms with E-state index in [-0.39, 0.29) is 0 Å². The lowest BCUT2D eigenvalue weighted by molar-refractivity contribution is 0.0852. The molecular weight excluding hydrogens is 286 g/mol. The number of fused-ring (bicyclic) bond motifs is 1. The molecule has 0 aliphatic carbocycles. The van der Waals surface area contributed by atoms with Crippen molar-refractivity contribution in [2.45, 2.75) is 30.2 Å². The summed E-state index contributed by atoms with van der Waals surface area (Å²) in [5, 5.41) is 3.01. The SMILES string of the molecule is CNc1ccc(S(=O)(=O)N2CCN3CCCCC3C2)cc1. The summed E-state index contributed by atoms with van der Waals surface area (Å²) < 4.78 is 27.2. The number of rotatable bonds is 3. The normalized spacial score (nSPS) is 24.5. The lowest BCUT2D eigenvalue weighted by atomic mass is 10.0. The van der Waals surface area contributed by atoms with E-state index in [0.717, 1.165) is 25.2 Å². The Morgan fingerprint density at radius 2 is 1.86 bits per heavy atom. The summed E-state index contributed by atoms with van der Waals surface area (Å²) in [6, 6.07) is 7.40. The van der Waals surface area contributed by atoms with Gasteiger partial charge in [0.15, 0.2) is 0 Å². The van der Waals surface area contributed by atoms with Crippen molar-refractivity contribution in [3.8, 4) is 0 Å². The number of sulfonamides is 1. The van der Waals surface area contributed by atoms with Crippen molar-refractivity contribution in [3.63, 3.8) is 0 Å². The highest BCUT2D eigenvalue weighted by Gasteiger charge is 2.34. The molecule has 0 saturated carbocycles. The summed E-state index contributed by atoms with van der Waals surface area (Å²) in [4.78, 5) is 2.84. The maximum absolute atomic E-state index is 12.7. The van der Waals surface area contributed by atoms with Crippen molar-refractivity contribution in [2.75, 3.05) is 38.5 Å². The van der Waals surface area contributed by atoms with Gasteiger partial charge in [0.1, 0.15) is 0 Å². The number of piperidine rings is 1. The predicted molar refractivity (Wildman–Crippen MR) is 84.0 cm³/mol. The molecule has 0 amide bonds. The smallest absolute Gasteiger partial charge is 0.243 e. The van der Waals surface area contributed by atoms with E-state index in [4.69, 9.17) is 0 Å². The topological polar surface area (TPSA) is 52.7 Å². The first-order valence-corrected chi connectivity index (χ1v) is 9.07. The van der Waals surface area contributed by atoms with Gasteiger partial charge in [-0.25, -0.2) is 8.42 Å². The van der Waals surface area contributed by atoms with E-state index in [1.807, 2.05) is 19.2 Å². The van der Waals surface area contributed by atoms with Gasteiger partial charge in [0.25, 0.3) is 0 Å². The average Bonchev–Trinajstić information content (AvgIpc) is 2.54. The molecule has 2 saturated heterocycles. The van der Waals surface area contributed by atoms with Crippen LogP contribution in [0.3, 0.4) is 0 Å². The van der Waals surface area contributed by atoms with Crippen molar-refractivity contribution >= 4 is 15.7 Å². The number of nitrogens with zero attached hydrogens (tertiary/aromatic N) is 2. The van der Waals surface area contributed by atoms with Gasteiger partial charge in [-0.15, -0.1) is 0 Å². The van der Waals surface area contributed by atoms with Gasteiger partial charge in [-0.3, -0.25) is 4.90 Å². The highest BCUT2D eigenvalue weighted by Crippen LogP contribution is 2.25. The lowest BCUT2D eigenvalue weighted by Gasteiger charge is -2.43. The molecular formula is C15H23N3O2S. The molecule has 0 spiro atoms. The molecule has 2 aliphatic heterocycles. The van der Waals surface area contributed by atoms with E-state index >= 15 is 0 Å². The maximum Gasteiger partial charge on any atom is 0.243 e. The summed E-state index contributed by atoms with van der Waals surface area (Å²) in [6.45, 7) is 3.22. The van der Waals surface area contributed by atoms with E-state index in [2.05, 4.69) is 10.2 Å². The quantitative estimate of drug-likeness (QED) is 0.921. The van der Waals surface area contributed by atoms with E-state index in [9.17, 15) is 8.42 Å². The molecule has 2 heterocycles. The zero-order chi connectivity index (χ0) is 14.9. The highest BCUT2D eigenvalue weighted by atomic mass is 32.2. The summed E-state index contributed by atoms with van der Waals surface area (Å²) in [6.07, 6.45) is 3.57. The molecule has 2 aliphatic rings. The lowest BCUT2D eigenvalue weighted by Crippen LogP contribution is -2.56. The molecule has 1 aromatic carbocycles. The molecule has 116 valence electrons. The van der Waals surface area contributed by atoms with E-state index in [1.165, 1.54) is 12.8 Å². The first-order valence-electron chi connectivity index (χ1n) is 7.63. The van der Waals surface area contributed by atoms with Crippen LogP contribution < -0.4 is 5.32 Å².